The third kappa shape index (κ3) is 6.50. The minimum atomic E-state index is -0.588. The number of halogens is 3. The number of nitrogens with zero attached hydrogens (tertiary/aromatic N) is 3. The van der Waals surface area contributed by atoms with Crippen molar-refractivity contribution in [3.63, 3.8) is 0 Å². The smallest absolute Gasteiger partial charge is 0.265 e. The topological polar surface area (TPSA) is 105 Å². The summed E-state index contributed by atoms with van der Waals surface area (Å²) in [4.78, 5) is 43.4. The number of carbonyl (C=O) groups excluding carboxylic acids is 3. The molecule has 12 heteroatoms. The van der Waals surface area contributed by atoms with Crippen LogP contribution in [-0.4, -0.2) is 80.6 Å². The molecule has 0 aromatic heterocycles. The number of fused-ring (bicyclic) bond motifs is 1. The number of ether oxygens (including phenoxy) is 2. The number of anilines is 1. The van der Waals surface area contributed by atoms with Crippen molar-refractivity contribution in [1.82, 2.24) is 9.80 Å². The standard InChI is InChI=1S/C30H29Cl3N4O5/c1-35(28(38)16-37-25-13-23(32)24(33)14-27(25)42-17-29(37)39)26(15-36-8-10-41-11-9-36)19-4-2-18(3-5-19)20-6-7-21(30(34)40)22(31)12-20/h2-7,12-14,26H,8-11,15-17H2,1H3,(H2,34,40). The van der Waals surface area contributed by atoms with Gasteiger partial charge in [-0.1, -0.05) is 65.1 Å². The van der Waals surface area contributed by atoms with Gasteiger partial charge < -0.3 is 20.1 Å². The van der Waals surface area contributed by atoms with Crippen LogP contribution in [0, 0.1) is 0 Å². The van der Waals surface area contributed by atoms with E-state index in [4.69, 9.17) is 50.0 Å². The highest BCUT2D eigenvalue weighted by atomic mass is 35.5. The summed E-state index contributed by atoms with van der Waals surface area (Å²) in [5.41, 5.74) is 8.68. The van der Waals surface area contributed by atoms with Crippen LogP contribution in [-0.2, 0) is 14.3 Å². The molecule has 0 aliphatic carbocycles. The molecule has 3 amide bonds. The van der Waals surface area contributed by atoms with E-state index in [2.05, 4.69) is 4.90 Å². The highest BCUT2D eigenvalue weighted by Crippen LogP contribution is 2.39. The molecule has 0 bridgehead atoms. The van der Waals surface area contributed by atoms with E-state index in [-0.39, 0.29) is 46.6 Å². The summed E-state index contributed by atoms with van der Waals surface area (Å²) in [5, 5.41) is 0.839. The zero-order valence-corrected chi connectivity index (χ0v) is 25.1. The molecule has 5 rings (SSSR count). The molecule has 3 aromatic carbocycles. The molecule has 2 aliphatic rings. The van der Waals surface area contributed by atoms with Crippen molar-refractivity contribution >= 4 is 58.2 Å². The molecule has 3 aromatic rings. The van der Waals surface area contributed by atoms with Gasteiger partial charge in [-0.25, -0.2) is 0 Å². The first-order valence-electron chi connectivity index (χ1n) is 13.3. The number of primary amides is 1. The third-order valence-electron chi connectivity index (χ3n) is 7.50. The molecule has 1 fully saturated rings. The van der Waals surface area contributed by atoms with Crippen molar-refractivity contribution in [2.75, 3.05) is 57.9 Å². The van der Waals surface area contributed by atoms with Crippen LogP contribution in [0.4, 0.5) is 5.69 Å². The maximum absolute atomic E-state index is 13.7. The van der Waals surface area contributed by atoms with Gasteiger partial charge in [-0.2, -0.15) is 0 Å². The van der Waals surface area contributed by atoms with Gasteiger partial charge in [0.1, 0.15) is 12.3 Å². The van der Waals surface area contributed by atoms with Crippen molar-refractivity contribution in [2.45, 2.75) is 6.04 Å². The highest BCUT2D eigenvalue weighted by molar-refractivity contribution is 6.42. The Kier molecular flexibility index (Phi) is 9.25. The van der Waals surface area contributed by atoms with Crippen molar-refractivity contribution in [3.8, 4) is 16.9 Å². The molecule has 0 radical (unpaired) electrons. The summed E-state index contributed by atoms with van der Waals surface area (Å²) in [6.45, 7) is 2.92. The van der Waals surface area contributed by atoms with Gasteiger partial charge in [-0.05, 0) is 34.9 Å². The average Bonchev–Trinajstić information content (AvgIpc) is 2.98. The van der Waals surface area contributed by atoms with Crippen LogP contribution in [0.3, 0.4) is 0 Å². The number of benzene rings is 3. The van der Waals surface area contributed by atoms with E-state index in [1.54, 1.807) is 36.2 Å². The fraction of sp³-hybridized carbons (Fsp3) is 0.300. The van der Waals surface area contributed by atoms with Gasteiger partial charge in [0.2, 0.25) is 11.8 Å². The second-order valence-electron chi connectivity index (χ2n) is 10.1. The van der Waals surface area contributed by atoms with Gasteiger partial charge in [0.25, 0.3) is 5.91 Å². The Balaban J connectivity index is 1.40. The van der Waals surface area contributed by atoms with Gasteiger partial charge >= 0.3 is 0 Å². The summed E-state index contributed by atoms with van der Waals surface area (Å²) in [6.07, 6.45) is 0. The number of hydrogen-bond acceptors (Lipinski definition) is 6. The van der Waals surface area contributed by atoms with Gasteiger partial charge in [-0.15, -0.1) is 0 Å². The Morgan fingerprint density at radius 1 is 0.952 bits per heavy atom. The van der Waals surface area contributed by atoms with Crippen LogP contribution < -0.4 is 15.4 Å². The zero-order chi connectivity index (χ0) is 30.0. The largest absolute Gasteiger partial charge is 0.482 e. The lowest BCUT2D eigenvalue weighted by Crippen LogP contribution is -2.48. The van der Waals surface area contributed by atoms with Crippen LogP contribution in [0.1, 0.15) is 22.0 Å². The summed E-state index contributed by atoms with van der Waals surface area (Å²) in [6, 6.07) is 15.7. The molecular weight excluding hydrogens is 603 g/mol. The minimum absolute atomic E-state index is 0.188. The zero-order valence-electron chi connectivity index (χ0n) is 22.8. The first-order chi connectivity index (χ1) is 20.1. The molecule has 9 nitrogen and oxygen atoms in total. The Morgan fingerprint density at radius 2 is 1.62 bits per heavy atom. The fourth-order valence-electron chi connectivity index (χ4n) is 5.06. The number of morpholine rings is 1. The molecule has 1 atom stereocenters. The average molecular weight is 632 g/mol. The first-order valence-corrected chi connectivity index (χ1v) is 14.4. The molecule has 2 N–H and O–H groups in total. The van der Waals surface area contributed by atoms with Crippen molar-refractivity contribution < 1.29 is 23.9 Å². The maximum atomic E-state index is 13.7. The first kappa shape index (κ1) is 30.1. The van der Waals surface area contributed by atoms with E-state index in [0.717, 1.165) is 29.8 Å². The van der Waals surface area contributed by atoms with Crippen LogP contribution in [0.15, 0.2) is 54.6 Å². The number of likely N-dealkylation sites (N-methyl/N-ethyl adjacent to an activating group) is 1. The number of nitrogens with two attached hydrogens (primary N) is 1. The fourth-order valence-corrected chi connectivity index (χ4v) is 5.65. The predicted molar refractivity (Wildman–Crippen MR) is 162 cm³/mol. The summed E-state index contributed by atoms with van der Waals surface area (Å²) in [7, 11) is 1.74. The van der Waals surface area contributed by atoms with Crippen molar-refractivity contribution in [2.24, 2.45) is 5.73 Å². The van der Waals surface area contributed by atoms with Crippen LogP contribution in [0.2, 0.25) is 15.1 Å². The van der Waals surface area contributed by atoms with E-state index in [0.29, 0.717) is 36.2 Å². The lowest BCUT2D eigenvalue weighted by Gasteiger charge is -2.37. The van der Waals surface area contributed by atoms with E-state index < -0.39 is 5.91 Å². The second-order valence-corrected chi connectivity index (χ2v) is 11.3. The lowest BCUT2D eigenvalue weighted by atomic mass is 9.98. The van der Waals surface area contributed by atoms with Crippen LogP contribution >= 0.6 is 34.8 Å². The molecule has 0 saturated carbocycles. The Hall–Kier alpha value is -3.34. The molecule has 2 aliphatic heterocycles. The second kappa shape index (κ2) is 12.9. The number of hydrogen-bond donors (Lipinski definition) is 1. The number of amides is 3. The Bertz CT molecular complexity index is 1510. The van der Waals surface area contributed by atoms with Gasteiger partial charge in [0.15, 0.2) is 6.61 Å². The summed E-state index contributed by atoms with van der Waals surface area (Å²) in [5.74, 6) is -0.797. The minimum Gasteiger partial charge on any atom is -0.482 e. The summed E-state index contributed by atoms with van der Waals surface area (Å²) >= 11 is 18.6. The van der Waals surface area contributed by atoms with Crippen molar-refractivity contribution in [3.05, 3.63) is 80.8 Å². The van der Waals surface area contributed by atoms with E-state index in [1.807, 2.05) is 24.3 Å². The molecule has 2 heterocycles. The molecule has 220 valence electrons. The maximum Gasteiger partial charge on any atom is 0.265 e. The molecular formula is C30H29Cl3N4O5. The molecule has 1 saturated heterocycles. The lowest BCUT2D eigenvalue weighted by molar-refractivity contribution is -0.133. The monoisotopic (exact) mass is 630 g/mol. The quantitative estimate of drug-likeness (QED) is 0.388. The SMILES string of the molecule is CN(C(=O)CN1C(=O)COc2cc(Cl)c(Cl)cc21)C(CN1CCOCC1)c1ccc(-c2ccc(C(N)=O)c(Cl)c2)cc1. The Labute approximate surface area is 258 Å². The molecule has 1 unspecified atom stereocenters. The number of rotatable bonds is 8. The van der Waals surface area contributed by atoms with Crippen LogP contribution in [0.25, 0.3) is 11.1 Å². The van der Waals surface area contributed by atoms with Gasteiger partial charge in [-0.3, -0.25) is 24.2 Å². The third-order valence-corrected chi connectivity index (χ3v) is 8.53. The van der Waals surface area contributed by atoms with E-state index >= 15 is 0 Å². The Morgan fingerprint density at radius 3 is 2.29 bits per heavy atom. The molecule has 42 heavy (non-hydrogen) atoms. The van der Waals surface area contributed by atoms with E-state index in [9.17, 15) is 14.4 Å². The van der Waals surface area contributed by atoms with Gasteiger partial charge in [0, 0.05) is 32.7 Å². The van der Waals surface area contributed by atoms with E-state index in [1.165, 1.54) is 11.0 Å². The van der Waals surface area contributed by atoms with Crippen LogP contribution in [0.5, 0.6) is 5.75 Å². The van der Waals surface area contributed by atoms with Crippen molar-refractivity contribution in [1.29, 1.82) is 0 Å². The molecule has 0 spiro atoms. The predicted octanol–water partition coefficient (Wildman–Crippen LogP) is 4.67. The number of carbonyl (C=O) groups is 3. The highest BCUT2D eigenvalue weighted by Gasteiger charge is 2.32. The summed E-state index contributed by atoms with van der Waals surface area (Å²) < 4.78 is 11.0. The normalized spacial score (nSPS) is 16.0. The van der Waals surface area contributed by atoms with Gasteiger partial charge in [0.05, 0.1) is 45.6 Å².